The van der Waals surface area contributed by atoms with Gasteiger partial charge >= 0.3 is 0 Å². The fourth-order valence-electron chi connectivity index (χ4n) is 13.2. The van der Waals surface area contributed by atoms with E-state index < -0.39 is 0 Å². The minimum atomic E-state index is 0.176. The summed E-state index contributed by atoms with van der Waals surface area (Å²) in [5, 5.41) is 22.4. The number of hydrogen-bond donors (Lipinski definition) is 1. The first-order chi connectivity index (χ1) is 39.7. The van der Waals surface area contributed by atoms with Crippen LogP contribution < -0.4 is 9.80 Å². The van der Waals surface area contributed by atoms with Crippen LogP contribution in [0, 0.1) is 13.8 Å². The standard InChI is InChI=1S/C78H70N2O2/c1-46(2)56-27-11-13-29-58(56)52-23-17-24-53(43-52)59-31-19-35-70(76(59)81)79(54-25-15-21-50(9)41-54)72-44-68(48(5)6)61-38-40-67-73(45-69(49(7)8)62-37-39-66(72)74(61)75(62)67)80(55-26-16-22-51(10)42-55)71-36-20-34-65-64-33-18-32-63(77(64)82-78(65)71)60-30-14-12-28-57(60)47(3)4/h11-49,81H,1-10H3. The molecule has 0 aliphatic rings. The number of benzene rings is 12. The number of phenolic OH excluding ortho intramolecular Hbond substituents is 1. The van der Waals surface area contributed by atoms with Crippen LogP contribution in [0.2, 0.25) is 0 Å². The van der Waals surface area contributed by atoms with E-state index in [1.165, 1.54) is 60.5 Å². The Labute approximate surface area is 482 Å². The molecule has 4 heteroatoms. The normalized spacial score (nSPS) is 12.0. The van der Waals surface area contributed by atoms with Gasteiger partial charge in [0.2, 0.25) is 0 Å². The van der Waals surface area contributed by atoms with Crippen LogP contribution in [0.25, 0.3) is 87.6 Å². The summed E-state index contributed by atoms with van der Waals surface area (Å²) in [5.41, 5.74) is 21.4. The molecule has 0 unspecified atom stereocenters. The largest absolute Gasteiger partial charge is 0.505 e. The van der Waals surface area contributed by atoms with E-state index in [2.05, 4.69) is 291 Å². The van der Waals surface area contributed by atoms with Crippen LogP contribution in [0.3, 0.4) is 0 Å². The highest BCUT2D eigenvalue weighted by atomic mass is 16.3. The Kier molecular flexibility index (Phi) is 13.2. The van der Waals surface area contributed by atoms with E-state index in [1.807, 2.05) is 0 Å². The molecule has 0 saturated heterocycles. The van der Waals surface area contributed by atoms with Gasteiger partial charge in [0.05, 0.1) is 22.7 Å². The summed E-state index contributed by atoms with van der Waals surface area (Å²) in [6.07, 6.45) is 0. The lowest BCUT2D eigenvalue weighted by Gasteiger charge is -2.32. The maximum Gasteiger partial charge on any atom is 0.159 e. The minimum Gasteiger partial charge on any atom is -0.505 e. The number of anilines is 6. The fourth-order valence-corrected chi connectivity index (χ4v) is 13.2. The summed E-state index contributed by atoms with van der Waals surface area (Å²) < 4.78 is 7.36. The molecule has 1 heterocycles. The summed E-state index contributed by atoms with van der Waals surface area (Å²) in [4.78, 5) is 4.77. The molecule has 0 spiro atoms. The molecule has 13 aromatic rings. The number of hydrogen-bond acceptors (Lipinski definition) is 4. The van der Waals surface area contributed by atoms with Crippen molar-refractivity contribution in [3.05, 3.63) is 246 Å². The van der Waals surface area contributed by atoms with Gasteiger partial charge in [-0.3, -0.25) is 0 Å². The Morgan fingerprint density at radius 3 is 1.32 bits per heavy atom. The lowest BCUT2D eigenvalue weighted by atomic mass is 9.84. The van der Waals surface area contributed by atoms with Gasteiger partial charge in [-0.2, -0.15) is 0 Å². The average molecular weight is 1070 g/mol. The summed E-state index contributed by atoms with van der Waals surface area (Å²) >= 11 is 0. The highest BCUT2D eigenvalue weighted by Gasteiger charge is 2.29. The van der Waals surface area contributed by atoms with Crippen molar-refractivity contribution >= 4 is 88.4 Å². The molecule has 0 saturated carbocycles. The van der Waals surface area contributed by atoms with Crippen LogP contribution in [-0.4, -0.2) is 5.11 Å². The van der Waals surface area contributed by atoms with Crippen LogP contribution in [-0.2, 0) is 0 Å². The van der Waals surface area contributed by atoms with Crippen molar-refractivity contribution in [2.45, 2.75) is 92.9 Å². The van der Waals surface area contributed by atoms with Gasteiger partial charge in [0.25, 0.3) is 0 Å². The molecular formula is C78H70N2O2. The number of fused-ring (bicyclic) bond motifs is 3. The van der Waals surface area contributed by atoms with Crippen molar-refractivity contribution in [2.75, 3.05) is 9.80 Å². The predicted molar refractivity (Wildman–Crippen MR) is 351 cm³/mol. The molecule has 1 aromatic heterocycles. The molecule has 0 amide bonds. The first-order valence-electron chi connectivity index (χ1n) is 29.3. The zero-order chi connectivity index (χ0) is 56.7. The molecule has 0 radical (unpaired) electrons. The van der Waals surface area contributed by atoms with Gasteiger partial charge in [-0.25, -0.2) is 0 Å². The lowest BCUT2D eigenvalue weighted by molar-refractivity contribution is 0.478. The zero-order valence-electron chi connectivity index (χ0n) is 48.8. The highest BCUT2D eigenvalue weighted by molar-refractivity contribution is 6.30. The van der Waals surface area contributed by atoms with Gasteiger partial charge in [0.1, 0.15) is 11.3 Å². The van der Waals surface area contributed by atoms with Crippen molar-refractivity contribution < 1.29 is 9.52 Å². The second-order valence-corrected chi connectivity index (χ2v) is 23.9. The smallest absolute Gasteiger partial charge is 0.159 e. The van der Waals surface area contributed by atoms with Crippen molar-refractivity contribution in [1.29, 1.82) is 0 Å². The van der Waals surface area contributed by atoms with E-state index >= 15 is 0 Å². The second-order valence-electron chi connectivity index (χ2n) is 23.9. The number of furan rings is 1. The van der Waals surface area contributed by atoms with Gasteiger partial charge < -0.3 is 19.3 Å². The molecule has 0 bridgehead atoms. The van der Waals surface area contributed by atoms with Crippen molar-refractivity contribution in [3.63, 3.8) is 0 Å². The maximum absolute atomic E-state index is 13.0. The fraction of sp³-hybridized carbons (Fsp3) is 0.179. The Morgan fingerprint density at radius 1 is 0.317 bits per heavy atom. The molecule has 0 atom stereocenters. The zero-order valence-corrected chi connectivity index (χ0v) is 48.8. The third kappa shape index (κ3) is 8.75. The van der Waals surface area contributed by atoms with Crippen LogP contribution in [0.5, 0.6) is 5.75 Å². The molecule has 4 nitrogen and oxygen atoms in total. The van der Waals surface area contributed by atoms with Gasteiger partial charge in [0, 0.05) is 44.0 Å². The quantitative estimate of drug-likeness (QED) is 0.117. The number of phenols is 1. The van der Waals surface area contributed by atoms with Gasteiger partial charge in [-0.05, 0) is 169 Å². The van der Waals surface area contributed by atoms with Crippen LogP contribution in [0.1, 0.15) is 112 Å². The van der Waals surface area contributed by atoms with Crippen molar-refractivity contribution in [2.24, 2.45) is 0 Å². The number of para-hydroxylation sites is 3. The van der Waals surface area contributed by atoms with E-state index in [0.29, 0.717) is 17.5 Å². The van der Waals surface area contributed by atoms with Crippen molar-refractivity contribution in [1.82, 2.24) is 0 Å². The molecule has 12 aromatic carbocycles. The average Bonchev–Trinajstić information content (AvgIpc) is 2.08. The maximum atomic E-state index is 13.0. The molecule has 0 aliphatic heterocycles. The second kappa shape index (κ2) is 20.8. The van der Waals surface area contributed by atoms with Crippen molar-refractivity contribution in [3.8, 4) is 39.1 Å². The number of aryl methyl sites for hydroxylation is 2. The Bertz CT molecular complexity index is 4590. The summed E-state index contributed by atoms with van der Waals surface area (Å²) in [6.45, 7) is 22.6. The van der Waals surface area contributed by atoms with Gasteiger partial charge in [-0.1, -0.05) is 213 Å². The molecular weight excluding hydrogens is 997 g/mol. The molecule has 404 valence electrons. The predicted octanol–water partition coefficient (Wildman–Crippen LogP) is 23.2. The first-order valence-corrected chi connectivity index (χ1v) is 29.3. The number of aromatic hydroxyl groups is 1. The van der Waals surface area contributed by atoms with Crippen LogP contribution >= 0.6 is 0 Å². The van der Waals surface area contributed by atoms with Gasteiger partial charge in [0.15, 0.2) is 5.58 Å². The molecule has 13 rings (SSSR count). The summed E-state index contributed by atoms with van der Waals surface area (Å²) in [5.74, 6) is 1.30. The van der Waals surface area contributed by atoms with Crippen LogP contribution in [0.15, 0.2) is 217 Å². The Balaban J connectivity index is 1.08. The molecule has 0 fully saturated rings. The lowest BCUT2D eigenvalue weighted by Crippen LogP contribution is -2.13. The number of nitrogens with zero attached hydrogens (tertiary/aromatic N) is 2. The topological polar surface area (TPSA) is 39.9 Å². The van der Waals surface area contributed by atoms with Crippen LogP contribution in [0.4, 0.5) is 34.1 Å². The monoisotopic (exact) mass is 1070 g/mol. The SMILES string of the molecule is Cc1cccc(N(c2cccc(-c3cccc(-c4ccccc4C(C)C)c3)c2O)c2cc(C(C)C)c3ccc4c(N(c5cccc(C)c5)c5cccc6c5oc5c(-c7ccccc7C(C)C)cccc56)cc(C(C)C)c5ccc2c3c54)c1. The molecule has 0 aliphatic carbocycles. The van der Waals surface area contributed by atoms with E-state index in [0.717, 1.165) is 89.0 Å². The molecule has 82 heavy (non-hydrogen) atoms. The van der Waals surface area contributed by atoms with E-state index in [-0.39, 0.29) is 17.6 Å². The third-order valence-corrected chi connectivity index (χ3v) is 17.1. The first kappa shape index (κ1) is 52.3. The Morgan fingerprint density at radius 2 is 0.744 bits per heavy atom. The third-order valence-electron chi connectivity index (χ3n) is 17.1. The summed E-state index contributed by atoms with van der Waals surface area (Å²) in [6, 6.07) is 77.4. The molecule has 1 N–H and O–H groups in total. The van der Waals surface area contributed by atoms with E-state index in [4.69, 9.17) is 4.42 Å². The minimum absolute atomic E-state index is 0.176. The number of rotatable bonds is 13. The van der Waals surface area contributed by atoms with E-state index in [1.54, 1.807) is 0 Å². The van der Waals surface area contributed by atoms with Gasteiger partial charge in [-0.15, -0.1) is 0 Å². The Hall–Kier alpha value is -9.12. The highest BCUT2D eigenvalue weighted by Crippen LogP contribution is 2.54. The van der Waals surface area contributed by atoms with E-state index in [9.17, 15) is 5.11 Å². The summed E-state index contributed by atoms with van der Waals surface area (Å²) in [7, 11) is 0.